The Labute approximate surface area is 68.8 Å². The summed E-state index contributed by atoms with van der Waals surface area (Å²) in [5.41, 5.74) is 0.530. The van der Waals surface area contributed by atoms with Crippen LogP contribution >= 0.6 is 12.6 Å². The van der Waals surface area contributed by atoms with Crippen LogP contribution in [0.4, 0.5) is 5.82 Å². The van der Waals surface area contributed by atoms with Gasteiger partial charge in [0.05, 0.1) is 0 Å². The molecule has 0 atom stereocenters. The van der Waals surface area contributed by atoms with E-state index in [4.69, 9.17) is 0 Å². The van der Waals surface area contributed by atoms with E-state index in [2.05, 4.69) is 17.6 Å². The van der Waals surface area contributed by atoms with E-state index in [1.165, 1.54) is 6.20 Å². The van der Waals surface area contributed by atoms with Crippen LogP contribution in [0.2, 0.25) is 0 Å². The summed E-state index contributed by atoms with van der Waals surface area (Å²) in [6.45, 7) is 1.63. The second kappa shape index (κ2) is 2.87. The Morgan fingerprint density at radius 2 is 2.36 bits per heavy atom. The summed E-state index contributed by atoms with van der Waals surface area (Å²) in [5, 5.41) is 10.3. The van der Waals surface area contributed by atoms with Crippen molar-refractivity contribution in [3.8, 4) is 0 Å². The molecule has 0 aliphatic heterocycles. The van der Waals surface area contributed by atoms with Crippen molar-refractivity contribution < 1.29 is 4.92 Å². The van der Waals surface area contributed by atoms with Crippen molar-refractivity contribution >= 4 is 18.4 Å². The fraction of sp³-hybridized carbons (Fsp3) is 0.167. The lowest BCUT2D eigenvalue weighted by Crippen LogP contribution is -1.94. The first kappa shape index (κ1) is 8.00. The molecule has 5 heteroatoms. The van der Waals surface area contributed by atoms with E-state index in [-0.39, 0.29) is 5.82 Å². The van der Waals surface area contributed by atoms with Crippen LogP contribution in [0.15, 0.2) is 17.2 Å². The van der Waals surface area contributed by atoms with Crippen LogP contribution in [0.1, 0.15) is 5.56 Å². The van der Waals surface area contributed by atoms with Gasteiger partial charge in [-0.1, -0.05) is 0 Å². The predicted octanol–water partition coefficient (Wildman–Crippen LogP) is 1.59. The van der Waals surface area contributed by atoms with Crippen molar-refractivity contribution in [3.63, 3.8) is 0 Å². The maximum atomic E-state index is 10.3. The molecule has 0 radical (unpaired) electrons. The van der Waals surface area contributed by atoms with Gasteiger partial charge in [-0.25, -0.2) is 0 Å². The highest BCUT2D eigenvalue weighted by atomic mass is 32.1. The van der Waals surface area contributed by atoms with Crippen molar-refractivity contribution in [2.24, 2.45) is 0 Å². The van der Waals surface area contributed by atoms with Gasteiger partial charge in [0.2, 0.25) is 0 Å². The molecule has 1 rings (SSSR count). The first-order chi connectivity index (χ1) is 5.11. The standard InChI is InChI=1S/C6H6N2O2S/c1-4-2-5(11)3-7-6(4)8(9)10/h2-3,11H,1H3. The van der Waals surface area contributed by atoms with Gasteiger partial charge in [-0.2, -0.15) is 0 Å². The van der Waals surface area contributed by atoms with E-state index in [0.717, 1.165) is 0 Å². The molecule has 0 aromatic carbocycles. The topological polar surface area (TPSA) is 56.0 Å². The third-order valence-corrected chi connectivity index (χ3v) is 1.45. The molecular weight excluding hydrogens is 164 g/mol. The Morgan fingerprint density at radius 1 is 1.73 bits per heavy atom. The molecule has 11 heavy (non-hydrogen) atoms. The first-order valence-corrected chi connectivity index (χ1v) is 3.36. The minimum Gasteiger partial charge on any atom is -0.358 e. The molecule has 0 unspecified atom stereocenters. The Bertz CT molecular complexity index is 301. The van der Waals surface area contributed by atoms with Crippen molar-refractivity contribution in [1.29, 1.82) is 0 Å². The lowest BCUT2D eigenvalue weighted by atomic mass is 10.3. The monoisotopic (exact) mass is 170 g/mol. The van der Waals surface area contributed by atoms with E-state index in [0.29, 0.717) is 10.5 Å². The summed E-state index contributed by atoms with van der Waals surface area (Å²) < 4.78 is 0. The normalized spacial score (nSPS) is 9.64. The Kier molecular flexibility index (Phi) is 2.09. The molecule has 4 nitrogen and oxygen atoms in total. The van der Waals surface area contributed by atoms with Gasteiger partial charge >= 0.3 is 5.82 Å². The average Bonchev–Trinajstić information content (AvgIpc) is 1.85. The van der Waals surface area contributed by atoms with Gasteiger partial charge < -0.3 is 10.1 Å². The van der Waals surface area contributed by atoms with E-state index in [1.807, 2.05) is 0 Å². The maximum absolute atomic E-state index is 10.3. The van der Waals surface area contributed by atoms with Gasteiger partial charge in [-0.15, -0.1) is 12.6 Å². The lowest BCUT2D eigenvalue weighted by Gasteiger charge is -1.95. The number of pyridine rings is 1. The molecule has 0 amide bonds. The molecule has 0 N–H and O–H groups in total. The highest BCUT2D eigenvalue weighted by molar-refractivity contribution is 7.80. The molecule has 0 saturated heterocycles. The summed E-state index contributed by atoms with van der Waals surface area (Å²) in [6.07, 6.45) is 1.36. The third kappa shape index (κ3) is 1.68. The van der Waals surface area contributed by atoms with Gasteiger partial charge in [0.25, 0.3) is 0 Å². The van der Waals surface area contributed by atoms with Crippen LogP contribution in [0.5, 0.6) is 0 Å². The lowest BCUT2D eigenvalue weighted by molar-refractivity contribution is -0.390. The van der Waals surface area contributed by atoms with Crippen molar-refractivity contribution in [2.45, 2.75) is 11.8 Å². The van der Waals surface area contributed by atoms with Crippen LogP contribution in [0.3, 0.4) is 0 Å². The summed E-state index contributed by atoms with van der Waals surface area (Å²) in [5.74, 6) is -0.109. The molecule has 0 saturated carbocycles. The van der Waals surface area contributed by atoms with Gasteiger partial charge in [-0.05, 0) is 22.9 Å². The smallest absolute Gasteiger partial charge is 0.358 e. The summed E-state index contributed by atoms with van der Waals surface area (Å²) in [6, 6.07) is 1.61. The number of rotatable bonds is 1. The van der Waals surface area contributed by atoms with E-state index in [9.17, 15) is 10.1 Å². The van der Waals surface area contributed by atoms with E-state index < -0.39 is 4.92 Å². The quantitative estimate of drug-likeness (QED) is 0.395. The molecule has 1 aromatic heterocycles. The number of hydrogen-bond donors (Lipinski definition) is 1. The Hall–Kier alpha value is -1.10. The number of nitrogens with zero attached hydrogens (tertiary/aromatic N) is 2. The summed E-state index contributed by atoms with van der Waals surface area (Å²) in [4.78, 5) is 14.0. The van der Waals surface area contributed by atoms with E-state index >= 15 is 0 Å². The second-order valence-electron chi connectivity index (χ2n) is 2.09. The van der Waals surface area contributed by atoms with Crippen molar-refractivity contribution in [3.05, 3.63) is 27.9 Å². The SMILES string of the molecule is Cc1cc(S)cnc1[N+](=O)[O-]. The number of nitro groups is 1. The zero-order valence-electron chi connectivity index (χ0n) is 5.81. The molecule has 0 spiro atoms. The van der Waals surface area contributed by atoms with Crippen LogP contribution in [0, 0.1) is 17.0 Å². The number of aryl methyl sites for hydroxylation is 1. The largest absolute Gasteiger partial charge is 0.366 e. The van der Waals surface area contributed by atoms with Gasteiger partial charge in [0.1, 0.15) is 0 Å². The second-order valence-corrected chi connectivity index (χ2v) is 2.61. The number of aromatic nitrogens is 1. The Balaban J connectivity index is 3.20. The molecule has 0 aliphatic rings. The minimum absolute atomic E-state index is 0.109. The molecule has 58 valence electrons. The minimum atomic E-state index is -0.511. The van der Waals surface area contributed by atoms with Crippen LogP contribution in [-0.4, -0.2) is 9.91 Å². The van der Waals surface area contributed by atoms with Gasteiger partial charge in [0.15, 0.2) is 6.20 Å². The highest BCUT2D eigenvalue weighted by Crippen LogP contribution is 2.16. The zero-order chi connectivity index (χ0) is 8.43. The first-order valence-electron chi connectivity index (χ1n) is 2.91. The van der Waals surface area contributed by atoms with Crippen molar-refractivity contribution in [1.82, 2.24) is 4.98 Å². The molecule has 0 bridgehead atoms. The van der Waals surface area contributed by atoms with Crippen LogP contribution in [-0.2, 0) is 0 Å². The molecule has 0 fully saturated rings. The number of thiol groups is 1. The van der Waals surface area contributed by atoms with Crippen LogP contribution < -0.4 is 0 Å². The van der Waals surface area contributed by atoms with Gasteiger partial charge in [0, 0.05) is 10.5 Å². The molecule has 0 aliphatic carbocycles. The van der Waals surface area contributed by atoms with Crippen LogP contribution in [0.25, 0.3) is 0 Å². The fourth-order valence-electron chi connectivity index (χ4n) is 0.744. The van der Waals surface area contributed by atoms with Gasteiger partial charge in [-0.3, -0.25) is 0 Å². The highest BCUT2D eigenvalue weighted by Gasteiger charge is 2.10. The number of hydrogen-bond acceptors (Lipinski definition) is 4. The zero-order valence-corrected chi connectivity index (χ0v) is 6.71. The Morgan fingerprint density at radius 3 is 2.82 bits per heavy atom. The predicted molar refractivity (Wildman–Crippen MR) is 42.9 cm³/mol. The average molecular weight is 170 g/mol. The van der Waals surface area contributed by atoms with Crippen molar-refractivity contribution in [2.75, 3.05) is 0 Å². The summed E-state index contributed by atoms with van der Waals surface area (Å²) in [7, 11) is 0. The maximum Gasteiger partial charge on any atom is 0.366 e. The fourth-order valence-corrected chi connectivity index (χ4v) is 0.995. The third-order valence-electron chi connectivity index (χ3n) is 1.21. The summed E-state index contributed by atoms with van der Waals surface area (Å²) >= 11 is 3.98. The molecule has 1 heterocycles. The molecular formula is C6H6N2O2S. The molecule has 1 aromatic rings. The van der Waals surface area contributed by atoms with E-state index in [1.54, 1.807) is 13.0 Å².